The molecule has 71 heavy (non-hydrogen) atoms. The van der Waals surface area contributed by atoms with E-state index in [-0.39, 0.29) is 0 Å². The Bertz CT molecular complexity index is 1050. The quantitative estimate of drug-likeness (QED) is 0.227. The van der Waals surface area contributed by atoms with Crippen molar-refractivity contribution in [2.75, 3.05) is 0 Å². The predicted octanol–water partition coefficient (Wildman–Crippen LogP) is 26.2. The van der Waals surface area contributed by atoms with E-state index in [4.69, 9.17) is 0 Å². The normalized spacial score (nSPS) is 27.0. The topological polar surface area (TPSA) is 0 Å². The molecule has 6 fully saturated rings. The van der Waals surface area contributed by atoms with Gasteiger partial charge in [-0.2, -0.15) is 0 Å². The molecular formula is C71H150. The van der Waals surface area contributed by atoms with Crippen molar-refractivity contribution in [2.24, 2.45) is 98.6 Å². The van der Waals surface area contributed by atoms with Gasteiger partial charge in [-0.05, 0) is 131 Å². The summed E-state index contributed by atoms with van der Waals surface area (Å²) in [4.78, 5) is 0. The van der Waals surface area contributed by atoms with Gasteiger partial charge in [-0.3, -0.25) is 0 Å². The molecule has 0 amide bonds. The molecule has 0 radical (unpaired) electrons. The molecule has 6 aliphatic rings. The second-order valence-electron chi connectivity index (χ2n) is 30.1. The van der Waals surface area contributed by atoms with Gasteiger partial charge in [0.1, 0.15) is 0 Å². The Morgan fingerprint density at radius 1 is 0.437 bits per heavy atom. The molecule has 0 nitrogen and oxygen atoms in total. The summed E-state index contributed by atoms with van der Waals surface area (Å²) >= 11 is 0. The minimum absolute atomic E-state index is 0.542. The first-order valence-corrected chi connectivity index (χ1v) is 32.6. The molecule has 0 heteroatoms. The van der Waals surface area contributed by atoms with E-state index in [2.05, 4.69) is 201 Å². The zero-order chi connectivity index (χ0) is 56.2. The van der Waals surface area contributed by atoms with Crippen molar-refractivity contribution in [3.8, 4) is 0 Å². The number of hydrogen-bond acceptors (Lipinski definition) is 0. The number of rotatable bonds is 8. The lowest BCUT2D eigenvalue weighted by Crippen LogP contribution is -2.24. The maximum Gasteiger partial charge on any atom is -0.0323 e. The van der Waals surface area contributed by atoms with Crippen LogP contribution in [0.4, 0.5) is 0 Å². The largest absolute Gasteiger partial charge is 0.0654 e. The van der Waals surface area contributed by atoms with Gasteiger partial charge in [0.05, 0.1) is 0 Å². The fraction of sp³-hybridized carbons (Fsp3) is 1.00. The summed E-state index contributed by atoms with van der Waals surface area (Å²) in [6.45, 7) is 67.1. The van der Waals surface area contributed by atoms with Crippen LogP contribution in [0.3, 0.4) is 0 Å². The van der Waals surface area contributed by atoms with Crippen molar-refractivity contribution >= 4 is 0 Å². The fourth-order valence-electron chi connectivity index (χ4n) is 10.6. The summed E-state index contributed by atoms with van der Waals surface area (Å²) in [5.41, 5.74) is 2.37. The van der Waals surface area contributed by atoms with Crippen LogP contribution in [0, 0.1) is 98.6 Å². The Balaban J connectivity index is -0.000000353. The molecule has 6 aliphatic carbocycles. The molecule has 0 saturated heterocycles. The number of hydrogen-bond donors (Lipinski definition) is 0. The Morgan fingerprint density at radius 2 is 0.831 bits per heavy atom. The van der Waals surface area contributed by atoms with Crippen molar-refractivity contribution in [3.05, 3.63) is 0 Å². The van der Waals surface area contributed by atoms with Crippen molar-refractivity contribution in [1.29, 1.82) is 0 Å². The second-order valence-corrected chi connectivity index (χ2v) is 30.1. The molecule has 4 unspecified atom stereocenters. The molecule has 0 aliphatic heterocycles. The minimum atomic E-state index is 0.542. The zero-order valence-corrected chi connectivity index (χ0v) is 56.2. The summed E-state index contributed by atoms with van der Waals surface area (Å²) in [6.07, 6.45) is 35.7. The molecule has 0 aromatic heterocycles. The standard InChI is InChI=1S/C10H20.3C8H16.C7H14.C6H12.4C6H14/c1-8-9(2,3)6-7-10(8,4)5;1-6-4-7(2)8(3)5-6;1-7-5-4-6-8(7,2)3;1-6-4-5-7(2)8(6)3;1-7-5-3-2-4-6-7;1-2-3-6-4-5-6;1-5-6(2,3)4;2*1-4-5-6(2)3;1-4-6(3)5-2/h8H,6-7H2,1-5H3;6-8H,4-5H2,1-3H3;7H,4-6H2,1-3H3;6-8H,4-5H2,1-3H3;7H,2-6H2,1H3;6H,2-5H2,1H3;5H2,1-4H3;3*6H,4-5H2,1-3H3/t;;7-;;;;;;;/m..1......./s1. The molecule has 0 aromatic carbocycles. The molecule has 0 heterocycles. The van der Waals surface area contributed by atoms with Crippen molar-refractivity contribution < 1.29 is 0 Å². The van der Waals surface area contributed by atoms with Gasteiger partial charge in [0.25, 0.3) is 0 Å². The highest BCUT2D eigenvalue weighted by molar-refractivity contribution is 4.93. The molecule has 0 spiro atoms. The van der Waals surface area contributed by atoms with Crippen molar-refractivity contribution in [1.82, 2.24) is 0 Å². The summed E-state index contributed by atoms with van der Waals surface area (Å²) < 4.78 is 0. The maximum atomic E-state index is 2.40. The summed E-state index contributed by atoms with van der Waals surface area (Å²) in [5, 5.41) is 0. The van der Waals surface area contributed by atoms with Gasteiger partial charge in [-0.1, -0.05) is 329 Å². The van der Waals surface area contributed by atoms with Gasteiger partial charge >= 0.3 is 0 Å². The lowest BCUT2D eigenvalue weighted by atomic mass is 9.74. The maximum absolute atomic E-state index is 2.40. The van der Waals surface area contributed by atoms with E-state index in [9.17, 15) is 0 Å². The first-order chi connectivity index (χ1) is 32.6. The monoisotopic (exact) mass is 1000 g/mol. The van der Waals surface area contributed by atoms with Crippen LogP contribution in [0.5, 0.6) is 0 Å². The lowest BCUT2D eigenvalue weighted by molar-refractivity contribution is 0.179. The van der Waals surface area contributed by atoms with Gasteiger partial charge in [0, 0.05) is 0 Å². The van der Waals surface area contributed by atoms with E-state index in [1.807, 2.05) is 0 Å². The first-order valence-electron chi connectivity index (χ1n) is 32.6. The average Bonchev–Trinajstić information content (AvgIpc) is 3.85. The Morgan fingerprint density at radius 3 is 0.930 bits per heavy atom. The second kappa shape index (κ2) is 43.0. The lowest BCUT2D eigenvalue weighted by Gasteiger charge is -2.31. The third-order valence-corrected chi connectivity index (χ3v) is 19.4. The predicted molar refractivity (Wildman–Crippen MR) is 335 cm³/mol. The minimum Gasteiger partial charge on any atom is -0.0654 e. The van der Waals surface area contributed by atoms with Gasteiger partial charge in [0.15, 0.2) is 0 Å². The smallest absolute Gasteiger partial charge is 0.0323 e. The molecule has 6 rings (SSSR count). The molecular weight excluding hydrogens is 853 g/mol. The SMILES string of the molecule is CC1C(C)(C)CCC1(C)C.CC1CC(C)C(C)C1.CC1CCC(C)C1C.CC1CCCCC1.CCC(C)(C)C.CCC(C)CC.CCCC(C)C.CCCC(C)C.CCCC1CC1.C[C@@H]1CCCC1(C)C. The first kappa shape index (κ1) is 77.5. The summed E-state index contributed by atoms with van der Waals surface area (Å²) in [6, 6.07) is 0. The van der Waals surface area contributed by atoms with E-state index >= 15 is 0 Å². The van der Waals surface area contributed by atoms with Crippen LogP contribution in [0.2, 0.25) is 0 Å². The van der Waals surface area contributed by atoms with Gasteiger partial charge in [0.2, 0.25) is 0 Å². The van der Waals surface area contributed by atoms with Crippen molar-refractivity contribution in [3.63, 3.8) is 0 Å². The van der Waals surface area contributed by atoms with E-state index in [1.165, 1.54) is 161 Å². The summed E-state index contributed by atoms with van der Waals surface area (Å²) in [7, 11) is 0. The molecule has 5 atom stereocenters. The van der Waals surface area contributed by atoms with E-state index in [0.717, 1.165) is 76.9 Å². The average molecular weight is 1000 g/mol. The molecule has 0 aromatic rings. The highest BCUT2D eigenvalue weighted by Gasteiger charge is 2.43. The van der Waals surface area contributed by atoms with Crippen LogP contribution in [0.15, 0.2) is 0 Å². The van der Waals surface area contributed by atoms with E-state index < -0.39 is 0 Å². The third kappa shape index (κ3) is 45.9. The molecule has 0 N–H and O–H groups in total. The van der Waals surface area contributed by atoms with Gasteiger partial charge in [-0.25, -0.2) is 0 Å². The molecule has 6 saturated carbocycles. The van der Waals surface area contributed by atoms with Crippen LogP contribution in [-0.2, 0) is 0 Å². The van der Waals surface area contributed by atoms with Crippen LogP contribution in [0.25, 0.3) is 0 Å². The van der Waals surface area contributed by atoms with Crippen LogP contribution in [-0.4, -0.2) is 0 Å². The van der Waals surface area contributed by atoms with Crippen LogP contribution >= 0.6 is 0 Å². The van der Waals surface area contributed by atoms with Crippen LogP contribution in [0.1, 0.15) is 361 Å². The van der Waals surface area contributed by atoms with Gasteiger partial charge in [-0.15, -0.1) is 0 Å². The third-order valence-electron chi connectivity index (χ3n) is 19.4. The Hall–Kier alpha value is 0. The van der Waals surface area contributed by atoms with Gasteiger partial charge < -0.3 is 0 Å². The molecule has 0 bridgehead atoms. The highest BCUT2D eigenvalue weighted by Crippen LogP contribution is 2.53. The fourth-order valence-corrected chi connectivity index (χ4v) is 10.6. The van der Waals surface area contributed by atoms with Crippen molar-refractivity contribution in [2.45, 2.75) is 361 Å². The van der Waals surface area contributed by atoms with E-state index in [1.54, 1.807) is 0 Å². The zero-order valence-electron chi connectivity index (χ0n) is 56.2. The Labute approximate surface area is 457 Å². The van der Waals surface area contributed by atoms with E-state index in [0.29, 0.717) is 21.7 Å². The Kier molecular flexibility index (Phi) is 47.0. The molecule has 434 valence electrons. The summed E-state index contributed by atoms with van der Waals surface area (Å²) in [5.74, 6) is 12.7. The highest BCUT2D eigenvalue weighted by atomic mass is 14.5. The van der Waals surface area contributed by atoms with Crippen LogP contribution < -0.4 is 0 Å².